The summed E-state index contributed by atoms with van der Waals surface area (Å²) in [7, 11) is 0. The molecule has 4 N–H and O–H groups in total. The molecule has 10 nitrogen and oxygen atoms in total. The van der Waals surface area contributed by atoms with E-state index in [2.05, 4.69) is 36.2 Å². The Hall–Kier alpha value is -4.13. The van der Waals surface area contributed by atoms with Crippen LogP contribution in [0.15, 0.2) is 48.5 Å². The predicted molar refractivity (Wildman–Crippen MR) is 130 cm³/mol. The number of hydrogen-bond donors (Lipinski definition) is 4. The minimum Gasteiger partial charge on any atom is -0.492 e. The number of nitrogens with one attached hydrogen (secondary N) is 4. The highest BCUT2D eigenvalue weighted by atomic mass is 19.4. The molecule has 0 saturated carbocycles. The number of ether oxygens (including phenoxy) is 2. The van der Waals surface area contributed by atoms with Crippen molar-refractivity contribution in [3.8, 4) is 11.8 Å². The zero-order valence-electron chi connectivity index (χ0n) is 19.8. The van der Waals surface area contributed by atoms with E-state index in [1.807, 2.05) is 24.3 Å². The molecule has 1 amide bonds. The first-order valence-corrected chi connectivity index (χ1v) is 11.6. The molecular formula is C24H26F3N7O3. The molecule has 0 radical (unpaired) electrons. The third-order valence-corrected chi connectivity index (χ3v) is 5.12. The van der Waals surface area contributed by atoms with Gasteiger partial charge in [-0.25, -0.2) is 0 Å². The molecule has 196 valence electrons. The van der Waals surface area contributed by atoms with Crippen molar-refractivity contribution in [1.82, 2.24) is 25.6 Å². The van der Waals surface area contributed by atoms with E-state index < -0.39 is 18.8 Å². The van der Waals surface area contributed by atoms with Crippen LogP contribution in [0.4, 0.5) is 30.8 Å². The van der Waals surface area contributed by atoms with Crippen LogP contribution in [-0.4, -0.2) is 59.9 Å². The van der Waals surface area contributed by atoms with Gasteiger partial charge in [0.2, 0.25) is 11.9 Å². The van der Waals surface area contributed by atoms with Crippen LogP contribution in [0.2, 0.25) is 0 Å². The Morgan fingerprint density at radius 3 is 2.41 bits per heavy atom. The average Bonchev–Trinajstić information content (AvgIpc) is 2.88. The fraction of sp³-hybridized carbons (Fsp3) is 0.333. The second-order valence-corrected chi connectivity index (χ2v) is 8.08. The first-order chi connectivity index (χ1) is 17.8. The number of nitrogens with zero attached hydrogens (tertiary/aromatic N) is 3. The fourth-order valence-corrected chi connectivity index (χ4v) is 3.30. The van der Waals surface area contributed by atoms with E-state index in [0.29, 0.717) is 43.2 Å². The maximum Gasteiger partial charge on any atom is 0.422 e. The Morgan fingerprint density at radius 1 is 0.892 bits per heavy atom. The zero-order valence-corrected chi connectivity index (χ0v) is 19.8. The van der Waals surface area contributed by atoms with Crippen molar-refractivity contribution in [2.75, 3.05) is 43.5 Å². The number of alkyl halides is 3. The molecule has 0 spiro atoms. The van der Waals surface area contributed by atoms with Crippen LogP contribution < -0.4 is 30.7 Å². The molecule has 7 rings (SSSR count). The maximum atomic E-state index is 12.7. The van der Waals surface area contributed by atoms with Crippen LogP contribution in [-0.2, 0) is 6.54 Å². The Kier molecular flexibility index (Phi) is 8.56. The van der Waals surface area contributed by atoms with Gasteiger partial charge in [-0.3, -0.25) is 4.79 Å². The fourth-order valence-electron chi connectivity index (χ4n) is 3.30. The number of rotatable bonds is 2. The molecule has 0 atom stereocenters. The summed E-state index contributed by atoms with van der Waals surface area (Å²) in [4.78, 5) is 24.5. The number of anilines is 3. The molecule has 4 aliphatic heterocycles. The van der Waals surface area contributed by atoms with Gasteiger partial charge in [0.1, 0.15) is 12.4 Å². The standard InChI is InChI=1S/C24H26F3N7O3/c25-24(26,27)15-37-23-33-21-30-14-16-2-8-19(9-3-16)36-13-12-28-10-1-11-29-20(35)17-4-6-18(7-5-17)31-22(32-21)34-23/h2-9,28H,1,10-15H2,(H,29,35)(H2,30,31,32,33,34). The molecule has 37 heavy (non-hydrogen) atoms. The molecule has 0 aliphatic carbocycles. The highest BCUT2D eigenvalue weighted by molar-refractivity contribution is 5.94. The molecule has 1 aromatic heterocycles. The number of amides is 1. The van der Waals surface area contributed by atoms with Crippen LogP contribution in [0.25, 0.3) is 0 Å². The smallest absolute Gasteiger partial charge is 0.422 e. The third kappa shape index (κ3) is 8.49. The Labute approximate surface area is 211 Å². The van der Waals surface area contributed by atoms with Crippen molar-refractivity contribution in [3.05, 3.63) is 59.7 Å². The summed E-state index contributed by atoms with van der Waals surface area (Å²) in [5, 5.41) is 12.0. The number of halogens is 3. The van der Waals surface area contributed by atoms with Crippen LogP contribution in [0, 0.1) is 0 Å². The average molecular weight is 518 g/mol. The minimum absolute atomic E-state index is 0.0236. The summed E-state index contributed by atoms with van der Waals surface area (Å²) in [5.41, 5.74) is 1.86. The first-order valence-electron chi connectivity index (χ1n) is 11.6. The SMILES string of the molecule is O=C1NCCCNCCOc2ccc(cc2)CNc2nc(nc(OCC(F)(F)F)n2)Nc2ccc1cc2. The molecule has 2 aromatic carbocycles. The maximum absolute atomic E-state index is 12.7. The number of hydrogen-bond acceptors (Lipinski definition) is 9. The quantitative estimate of drug-likeness (QED) is 0.406. The van der Waals surface area contributed by atoms with E-state index >= 15 is 0 Å². The predicted octanol–water partition coefficient (Wildman–Crippen LogP) is 3.27. The van der Waals surface area contributed by atoms with Crippen molar-refractivity contribution < 1.29 is 27.4 Å². The molecule has 0 saturated heterocycles. The van der Waals surface area contributed by atoms with E-state index in [1.54, 1.807) is 24.3 Å². The van der Waals surface area contributed by atoms with Crippen molar-refractivity contribution >= 4 is 23.5 Å². The molecule has 13 heteroatoms. The summed E-state index contributed by atoms with van der Waals surface area (Å²) >= 11 is 0. The van der Waals surface area contributed by atoms with E-state index in [0.717, 1.165) is 18.5 Å². The number of carbonyl (C=O) groups excluding carboxylic acids is 1. The molecule has 5 heterocycles. The van der Waals surface area contributed by atoms with Crippen LogP contribution >= 0.6 is 0 Å². The van der Waals surface area contributed by atoms with Gasteiger partial charge in [-0.1, -0.05) is 12.1 Å². The van der Waals surface area contributed by atoms with Gasteiger partial charge in [0.25, 0.3) is 5.91 Å². The number of aromatic nitrogens is 3. The lowest BCUT2D eigenvalue weighted by Crippen LogP contribution is -2.28. The van der Waals surface area contributed by atoms with Gasteiger partial charge in [-0.2, -0.15) is 28.1 Å². The van der Waals surface area contributed by atoms with Gasteiger partial charge in [0.15, 0.2) is 6.61 Å². The first kappa shape index (κ1) is 25.9. The summed E-state index contributed by atoms with van der Waals surface area (Å²) in [6.07, 6.45) is -3.79. The normalized spacial score (nSPS) is 15.2. The van der Waals surface area contributed by atoms with Crippen molar-refractivity contribution in [3.63, 3.8) is 0 Å². The summed E-state index contributed by atoms with van der Waals surface area (Å²) < 4.78 is 48.5. The van der Waals surface area contributed by atoms with Crippen molar-refractivity contribution in [2.24, 2.45) is 0 Å². The molecule has 3 aromatic rings. The second kappa shape index (κ2) is 12.2. The van der Waals surface area contributed by atoms with E-state index in [-0.39, 0.29) is 17.8 Å². The van der Waals surface area contributed by atoms with Crippen LogP contribution in [0.5, 0.6) is 11.8 Å². The monoisotopic (exact) mass is 517 g/mol. The van der Waals surface area contributed by atoms with Gasteiger partial charge in [0.05, 0.1) is 0 Å². The van der Waals surface area contributed by atoms with E-state index in [4.69, 9.17) is 9.47 Å². The molecular weight excluding hydrogens is 491 g/mol. The summed E-state index contributed by atoms with van der Waals surface area (Å²) in [5.74, 6) is 0.484. The lowest BCUT2D eigenvalue weighted by atomic mass is 10.2. The zero-order chi connectivity index (χ0) is 26.1. The minimum atomic E-state index is -4.55. The van der Waals surface area contributed by atoms with Crippen LogP contribution in [0.1, 0.15) is 22.3 Å². The summed E-state index contributed by atoms with van der Waals surface area (Å²) in [6.45, 7) is 1.14. The highest BCUT2D eigenvalue weighted by Gasteiger charge is 2.29. The Morgan fingerprint density at radius 2 is 1.65 bits per heavy atom. The topological polar surface area (TPSA) is 122 Å². The third-order valence-electron chi connectivity index (χ3n) is 5.12. The number of carbonyl (C=O) groups is 1. The molecule has 4 aliphatic rings. The largest absolute Gasteiger partial charge is 0.492 e. The van der Waals surface area contributed by atoms with Gasteiger partial charge in [0, 0.05) is 30.9 Å². The molecule has 6 bridgehead atoms. The Balaban J connectivity index is 1.55. The number of benzene rings is 2. The second-order valence-electron chi connectivity index (χ2n) is 8.08. The molecule has 0 fully saturated rings. The highest BCUT2D eigenvalue weighted by Crippen LogP contribution is 2.21. The van der Waals surface area contributed by atoms with E-state index in [1.165, 1.54) is 0 Å². The lowest BCUT2D eigenvalue weighted by Gasteiger charge is -2.12. The van der Waals surface area contributed by atoms with Crippen LogP contribution in [0.3, 0.4) is 0 Å². The molecule has 0 unspecified atom stereocenters. The van der Waals surface area contributed by atoms with Crippen molar-refractivity contribution in [2.45, 2.75) is 19.1 Å². The van der Waals surface area contributed by atoms with Gasteiger partial charge in [-0.15, -0.1) is 0 Å². The van der Waals surface area contributed by atoms with Gasteiger partial charge < -0.3 is 30.7 Å². The van der Waals surface area contributed by atoms with Gasteiger partial charge >= 0.3 is 12.2 Å². The van der Waals surface area contributed by atoms with Crippen molar-refractivity contribution in [1.29, 1.82) is 0 Å². The van der Waals surface area contributed by atoms with Gasteiger partial charge in [-0.05, 0) is 54.9 Å². The lowest BCUT2D eigenvalue weighted by molar-refractivity contribution is -0.154. The summed E-state index contributed by atoms with van der Waals surface area (Å²) in [6, 6.07) is 13.4. The van der Waals surface area contributed by atoms with E-state index in [9.17, 15) is 18.0 Å². The Bertz CT molecular complexity index is 1180.